The van der Waals surface area contributed by atoms with E-state index in [0.29, 0.717) is 0 Å². The Hall–Kier alpha value is -1.19. The number of hydrogen-bond donors (Lipinski definition) is 3. The van der Waals surface area contributed by atoms with Gasteiger partial charge in [-0.2, -0.15) is 0 Å². The third-order valence-corrected chi connectivity index (χ3v) is 11.9. The van der Waals surface area contributed by atoms with Crippen molar-refractivity contribution < 1.29 is 24.5 Å². The number of hydrogen-bond acceptors (Lipinski definition) is 6. The zero-order chi connectivity index (χ0) is 22.6. The monoisotopic (exact) mass is 462 g/mol. The van der Waals surface area contributed by atoms with Crippen LogP contribution in [0.3, 0.4) is 0 Å². The minimum Gasteiger partial charge on any atom is -0.405 e. The predicted octanol–water partition coefficient (Wildman–Crippen LogP) is 2.12. The summed E-state index contributed by atoms with van der Waals surface area (Å²) in [5.41, 5.74) is -0.601. The van der Waals surface area contributed by atoms with E-state index in [1.807, 2.05) is 43.3 Å². The Balaban J connectivity index is 1.98. The summed E-state index contributed by atoms with van der Waals surface area (Å²) in [4.78, 5) is 0. The fourth-order valence-electron chi connectivity index (χ4n) is 4.32. The van der Waals surface area contributed by atoms with Crippen LogP contribution in [0, 0.1) is 0 Å². The second kappa shape index (κ2) is 10.2. The first-order valence-corrected chi connectivity index (χ1v) is 13.7. The maximum atomic E-state index is 10.6. The minimum atomic E-state index is -2.78. The Morgan fingerprint density at radius 2 is 1.39 bits per heavy atom. The fraction of sp³-hybridized carbons (Fsp3) is 0.500. The molecule has 1 aliphatic heterocycles. The van der Waals surface area contributed by atoms with Crippen molar-refractivity contribution in [1.82, 2.24) is 0 Å². The molecule has 2 aromatic carbocycles. The molecule has 5 atom stereocenters. The van der Waals surface area contributed by atoms with Gasteiger partial charge in [0.15, 0.2) is 0 Å². The number of rotatable bonds is 7. The Morgan fingerprint density at radius 3 is 1.84 bits per heavy atom. The van der Waals surface area contributed by atoms with Gasteiger partial charge in [-0.25, -0.2) is 0 Å². The highest BCUT2D eigenvalue weighted by molar-refractivity contribution is 7.99. The van der Waals surface area contributed by atoms with Crippen LogP contribution in [0.15, 0.2) is 60.7 Å². The summed E-state index contributed by atoms with van der Waals surface area (Å²) in [6.45, 7) is 8.65. The van der Waals surface area contributed by atoms with Gasteiger partial charge in [-0.3, -0.25) is 0 Å². The summed E-state index contributed by atoms with van der Waals surface area (Å²) in [5.74, 6) is 0.729. The van der Waals surface area contributed by atoms with Crippen molar-refractivity contribution in [2.24, 2.45) is 0 Å². The molecule has 1 saturated heterocycles. The Morgan fingerprint density at radius 1 is 0.871 bits per heavy atom. The lowest BCUT2D eigenvalue weighted by Crippen LogP contribution is -2.68. The molecular formula is C24H34O5SSi. The van der Waals surface area contributed by atoms with E-state index in [1.54, 1.807) is 0 Å². The average molecular weight is 463 g/mol. The molecule has 0 radical (unpaired) electrons. The van der Waals surface area contributed by atoms with Gasteiger partial charge in [0.25, 0.3) is 8.32 Å². The van der Waals surface area contributed by atoms with Crippen molar-refractivity contribution in [2.75, 3.05) is 12.4 Å². The van der Waals surface area contributed by atoms with Crippen molar-refractivity contribution in [1.29, 1.82) is 0 Å². The lowest BCUT2D eigenvalue weighted by molar-refractivity contribution is -0.204. The van der Waals surface area contributed by atoms with Gasteiger partial charge in [0.05, 0.1) is 6.61 Å². The van der Waals surface area contributed by atoms with E-state index in [2.05, 4.69) is 45.0 Å². The van der Waals surface area contributed by atoms with Crippen LogP contribution in [-0.4, -0.2) is 65.8 Å². The topological polar surface area (TPSA) is 79.2 Å². The quantitative estimate of drug-likeness (QED) is 0.547. The lowest BCUT2D eigenvalue weighted by atomic mass is 10.0. The highest BCUT2D eigenvalue weighted by Gasteiger charge is 2.52. The minimum absolute atomic E-state index is 0.124. The standard InChI is InChI=1S/C24H34O5SSi/c1-5-30-23-22(27)21(26)20(25)19(29-23)16-28-31(24(2,3)4,17-12-8-6-9-13-17)18-14-10-7-11-15-18/h6-15,19-23,25-27H,5,16H2,1-4H3/t19-,20+,21+,22-,23-/m1/s1. The predicted molar refractivity (Wildman–Crippen MR) is 128 cm³/mol. The molecule has 7 heteroatoms. The van der Waals surface area contributed by atoms with E-state index in [9.17, 15) is 15.3 Å². The van der Waals surface area contributed by atoms with Crippen molar-refractivity contribution in [3.05, 3.63) is 60.7 Å². The molecule has 0 bridgehead atoms. The molecular weight excluding hydrogens is 428 g/mol. The molecule has 0 amide bonds. The third-order valence-electron chi connectivity index (χ3n) is 5.88. The molecule has 1 aliphatic rings. The molecule has 2 aromatic rings. The Bertz CT molecular complexity index is 774. The van der Waals surface area contributed by atoms with E-state index in [-0.39, 0.29) is 11.6 Å². The zero-order valence-electron chi connectivity index (χ0n) is 18.6. The van der Waals surface area contributed by atoms with Crippen LogP contribution in [0.25, 0.3) is 0 Å². The summed E-state index contributed by atoms with van der Waals surface area (Å²) >= 11 is 1.41. The van der Waals surface area contributed by atoms with Crippen LogP contribution < -0.4 is 10.4 Å². The maximum Gasteiger partial charge on any atom is 0.261 e. The van der Waals surface area contributed by atoms with Crippen LogP contribution in [0.5, 0.6) is 0 Å². The Kier molecular flexibility index (Phi) is 8.02. The summed E-state index contributed by atoms with van der Waals surface area (Å²) in [5, 5.41) is 33.4. The maximum absolute atomic E-state index is 10.6. The number of aliphatic hydroxyl groups excluding tert-OH is 3. The normalized spacial score (nSPS) is 27.3. The molecule has 0 aliphatic carbocycles. The molecule has 5 nitrogen and oxygen atoms in total. The third kappa shape index (κ3) is 4.93. The molecule has 0 saturated carbocycles. The average Bonchev–Trinajstić information content (AvgIpc) is 2.76. The largest absolute Gasteiger partial charge is 0.405 e. The van der Waals surface area contributed by atoms with Crippen LogP contribution >= 0.6 is 11.8 Å². The summed E-state index contributed by atoms with van der Waals surface area (Å²) in [6.07, 6.45) is -4.36. The van der Waals surface area contributed by atoms with Gasteiger partial charge in [-0.1, -0.05) is 88.4 Å². The first kappa shape index (κ1) is 24.4. The smallest absolute Gasteiger partial charge is 0.261 e. The molecule has 0 unspecified atom stereocenters. The number of ether oxygens (including phenoxy) is 1. The number of thioether (sulfide) groups is 1. The van der Waals surface area contributed by atoms with Crippen LogP contribution in [-0.2, 0) is 9.16 Å². The van der Waals surface area contributed by atoms with Crippen LogP contribution in [0.1, 0.15) is 27.7 Å². The zero-order valence-corrected chi connectivity index (χ0v) is 20.5. The van der Waals surface area contributed by atoms with Crippen molar-refractivity contribution >= 4 is 30.5 Å². The van der Waals surface area contributed by atoms with Crippen molar-refractivity contribution in [2.45, 2.75) is 62.6 Å². The molecule has 31 heavy (non-hydrogen) atoms. The van der Waals surface area contributed by atoms with Gasteiger partial charge < -0.3 is 24.5 Å². The highest BCUT2D eigenvalue weighted by Crippen LogP contribution is 2.37. The van der Waals surface area contributed by atoms with Crippen LogP contribution in [0.4, 0.5) is 0 Å². The second-order valence-corrected chi connectivity index (χ2v) is 14.6. The second-order valence-electron chi connectivity index (χ2n) is 8.94. The number of benzene rings is 2. The number of aliphatic hydroxyl groups is 3. The lowest BCUT2D eigenvalue weighted by Gasteiger charge is -2.45. The summed E-state index contributed by atoms with van der Waals surface area (Å²) in [6, 6.07) is 20.5. The fourth-order valence-corrected chi connectivity index (χ4v) is 9.80. The van der Waals surface area contributed by atoms with E-state index in [0.717, 1.165) is 16.1 Å². The summed E-state index contributed by atoms with van der Waals surface area (Å²) < 4.78 is 12.8. The van der Waals surface area contributed by atoms with E-state index in [1.165, 1.54) is 11.8 Å². The summed E-state index contributed by atoms with van der Waals surface area (Å²) in [7, 11) is -2.78. The SMILES string of the molecule is CCS[C@H]1O[C@H](CO[Si](c2ccccc2)(c2ccccc2)C(C)(C)C)[C@H](O)[C@H](O)[C@H]1O. The van der Waals surface area contributed by atoms with Crippen molar-refractivity contribution in [3.63, 3.8) is 0 Å². The molecule has 3 rings (SSSR count). The molecule has 3 N–H and O–H groups in total. The first-order chi connectivity index (χ1) is 14.7. The molecule has 1 heterocycles. The van der Waals surface area contributed by atoms with Gasteiger partial charge >= 0.3 is 0 Å². The van der Waals surface area contributed by atoms with Gasteiger partial charge in [-0.05, 0) is 21.2 Å². The van der Waals surface area contributed by atoms with Gasteiger partial charge in [0.1, 0.15) is 29.9 Å². The van der Waals surface area contributed by atoms with Gasteiger partial charge in [0, 0.05) is 0 Å². The highest BCUT2D eigenvalue weighted by atomic mass is 32.2. The molecule has 170 valence electrons. The molecule has 0 aromatic heterocycles. The van der Waals surface area contributed by atoms with Gasteiger partial charge in [0.2, 0.25) is 0 Å². The van der Waals surface area contributed by atoms with Gasteiger partial charge in [-0.15, -0.1) is 11.8 Å². The van der Waals surface area contributed by atoms with E-state index < -0.39 is 38.2 Å². The molecule has 0 spiro atoms. The van der Waals surface area contributed by atoms with Crippen molar-refractivity contribution in [3.8, 4) is 0 Å². The Labute approximate surface area is 190 Å². The first-order valence-electron chi connectivity index (χ1n) is 10.8. The van der Waals surface area contributed by atoms with E-state index in [4.69, 9.17) is 9.16 Å². The van der Waals surface area contributed by atoms with E-state index >= 15 is 0 Å². The molecule has 1 fully saturated rings. The van der Waals surface area contributed by atoms with Crippen LogP contribution in [0.2, 0.25) is 5.04 Å².